The molecule has 28 heavy (non-hydrogen) atoms. The van der Waals surface area contributed by atoms with Gasteiger partial charge in [-0.1, -0.05) is 30.3 Å². The van der Waals surface area contributed by atoms with E-state index in [0.29, 0.717) is 29.7 Å². The third-order valence-electron chi connectivity index (χ3n) is 9.17. The summed E-state index contributed by atoms with van der Waals surface area (Å²) in [4.78, 5) is 13.8. The first kappa shape index (κ1) is 18.9. The van der Waals surface area contributed by atoms with Gasteiger partial charge in [-0.2, -0.15) is 0 Å². The van der Waals surface area contributed by atoms with Crippen LogP contribution in [0.15, 0.2) is 30.3 Å². The normalized spacial score (nSPS) is 43.6. The van der Waals surface area contributed by atoms with E-state index in [9.17, 15) is 4.79 Å². The fourth-order valence-electron chi connectivity index (χ4n) is 7.86. The molecule has 0 heterocycles. The van der Waals surface area contributed by atoms with Crippen LogP contribution in [0.2, 0.25) is 0 Å². The van der Waals surface area contributed by atoms with Crippen LogP contribution in [0, 0.1) is 22.7 Å². The quantitative estimate of drug-likeness (QED) is 0.696. The Bertz CT molecular complexity index is 746. The molecule has 5 fully saturated rings. The molecule has 3 nitrogen and oxygen atoms in total. The molecule has 4 atom stereocenters. The number of amides is 1. The predicted molar refractivity (Wildman–Crippen MR) is 113 cm³/mol. The number of nitrogens with two attached hydrogens (primary N) is 1. The lowest BCUT2D eigenvalue weighted by molar-refractivity contribution is -0.137. The molecule has 3 N–H and O–H groups in total. The maximum Gasteiger partial charge on any atom is 0.227 e. The largest absolute Gasteiger partial charge is 0.353 e. The second kappa shape index (κ2) is 6.74. The van der Waals surface area contributed by atoms with E-state index in [1.54, 1.807) is 0 Å². The first-order valence-electron chi connectivity index (χ1n) is 11.2. The van der Waals surface area contributed by atoms with Crippen LogP contribution in [0.3, 0.4) is 0 Å². The Hall–Kier alpha value is -1.06. The van der Waals surface area contributed by atoms with E-state index in [1.807, 2.05) is 0 Å². The second-order valence-electron chi connectivity index (χ2n) is 10.2. The van der Waals surface area contributed by atoms with Gasteiger partial charge in [0.25, 0.3) is 0 Å². The van der Waals surface area contributed by atoms with E-state index in [1.165, 1.54) is 12.0 Å². The molecule has 5 aliphatic carbocycles. The zero-order valence-electron chi connectivity index (χ0n) is 16.8. The molecule has 0 aromatic heterocycles. The van der Waals surface area contributed by atoms with Crippen LogP contribution in [0.1, 0.15) is 63.4 Å². The van der Waals surface area contributed by atoms with Gasteiger partial charge in [-0.3, -0.25) is 4.79 Å². The van der Waals surface area contributed by atoms with E-state index in [-0.39, 0.29) is 16.2 Å². The summed E-state index contributed by atoms with van der Waals surface area (Å²) in [7, 11) is 0. The zero-order chi connectivity index (χ0) is 19.4. The highest BCUT2D eigenvalue weighted by Crippen LogP contribution is 2.82. The topological polar surface area (TPSA) is 55.1 Å². The summed E-state index contributed by atoms with van der Waals surface area (Å²) < 4.78 is 0. The molecule has 2 unspecified atom stereocenters. The van der Waals surface area contributed by atoms with Gasteiger partial charge in [0.1, 0.15) is 0 Å². The maximum atomic E-state index is 13.8. The Morgan fingerprint density at radius 2 is 1.86 bits per heavy atom. The monoisotopic (exact) mass is 400 g/mol. The number of hydrogen-bond acceptors (Lipinski definition) is 2. The number of nitrogens with one attached hydrogen (secondary N) is 1. The SMILES string of the molecule is NCC1CCC(NC(=O)C23CC4C[C@]2(CCCl)C[C@@]4(c2ccccc2)C3)CC1. The van der Waals surface area contributed by atoms with Crippen LogP contribution in [0.4, 0.5) is 0 Å². The minimum atomic E-state index is -0.201. The molecule has 0 saturated heterocycles. The summed E-state index contributed by atoms with van der Waals surface area (Å²) in [5.74, 6) is 2.28. The van der Waals surface area contributed by atoms with Gasteiger partial charge in [-0.15, -0.1) is 11.6 Å². The Kier molecular flexibility index (Phi) is 4.56. The minimum absolute atomic E-state index is 0.105. The Balaban J connectivity index is 1.40. The molecule has 152 valence electrons. The Morgan fingerprint density at radius 3 is 2.54 bits per heavy atom. The molecular weight excluding hydrogens is 368 g/mol. The summed E-state index contributed by atoms with van der Waals surface area (Å²) in [6, 6.07) is 11.3. The van der Waals surface area contributed by atoms with E-state index in [2.05, 4.69) is 35.6 Å². The summed E-state index contributed by atoms with van der Waals surface area (Å²) >= 11 is 6.29. The molecule has 0 radical (unpaired) electrons. The Morgan fingerprint density at radius 1 is 1.11 bits per heavy atom. The Labute approximate surface area is 173 Å². The number of alkyl halides is 1. The number of halogens is 1. The molecule has 1 amide bonds. The number of hydrogen-bond donors (Lipinski definition) is 2. The van der Waals surface area contributed by atoms with Crippen LogP contribution in [-0.4, -0.2) is 24.4 Å². The molecule has 4 bridgehead atoms. The maximum absolute atomic E-state index is 13.8. The predicted octanol–water partition coefficient (Wildman–Crippen LogP) is 4.38. The minimum Gasteiger partial charge on any atom is -0.353 e. The second-order valence-corrected chi connectivity index (χ2v) is 10.6. The van der Waals surface area contributed by atoms with Crippen molar-refractivity contribution in [3.8, 4) is 0 Å². The molecule has 6 rings (SSSR count). The molecule has 0 spiro atoms. The lowest BCUT2D eigenvalue weighted by Crippen LogP contribution is -2.50. The number of carbonyl (C=O) groups excluding carboxylic acids is 1. The molecule has 1 aromatic carbocycles. The average Bonchev–Trinajstić information content (AvgIpc) is 3.39. The summed E-state index contributed by atoms with van der Waals surface area (Å²) in [6.45, 7) is 0.782. The van der Waals surface area contributed by atoms with Crippen molar-refractivity contribution < 1.29 is 4.79 Å². The summed E-state index contributed by atoms with van der Waals surface area (Å²) in [5.41, 5.74) is 7.39. The van der Waals surface area contributed by atoms with Crippen molar-refractivity contribution in [2.24, 2.45) is 28.4 Å². The standard InChI is InChI=1S/C24H33ClN2O/c25-11-10-22-12-19-13-24(22,16-23(19,15-22)18-4-2-1-3-5-18)21(28)27-20-8-6-17(14-26)7-9-20/h1-5,17,19-20H,6-16,26H2,(H,27,28)/t17?,19?,20?,22-,23+,24?/m1/s1. The van der Waals surface area contributed by atoms with Crippen LogP contribution < -0.4 is 11.1 Å². The van der Waals surface area contributed by atoms with Gasteiger partial charge in [0.05, 0.1) is 5.41 Å². The number of carbonyl (C=O) groups is 1. The van der Waals surface area contributed by atoms with Gasteiger partial charge < -0.3 is 11.1 Å². The molecule has 5 saturated carbocycles. The third kappa shape index (κ3) is 2.48. The average molecular weight is 401 g/mol. The number of rotatable bonds is 6. The third-order valence-corrected chi connectivity index (χ3v) is 9.36. The fraction of sp³-hybridized carbons (Fsp3) is 0.708. The fourth-order valence-corrected chi connectivity index (χ4v) is 8.22. The molecule has 0 aliphatic heterocycles. The highest BCUT2D eigenvalue weighted by Gasteiger charge is 2.79. The van der Waals surface area contributed by atoms with Gasteiger partial charge in [-0.25, -0.2) is 0 Å². The van der Waals surface area contributed by atoms with Gasteiger partial charge in [0.15, 0.2) is 0 Å². The summed E-state index contributed by atoms with van der Waals surface area (Å²) in [6.07, 6.45) is 9.86. The highest BCUT2D eigenvalue weighted by molar-refractivity contribution is 6.17. The molecular formula is C24H33ClN2O. The first-order chi connectivity index (χ1) is 13.6. The molecule has 1 aromatic rings. The van der Waals surface area contributed by atoms with E-state index >= 15 is 0 Å². The van der Waals surface area contributed by atoms with E-state index in [0.717, 1.165) is 57.9 Å². The number of benzene rings is 1. The van der Waals surface area contributed by atoms with Crippen LogP contribution in [0.25, 0.3) is 0 Å². The van der Waals surface area contributed by atoms with Gasteiger partial charge in [0, 0.05) is 11.9 Å². The lowest BCUT2D eigenvalue weighted by atomic mass is 9.65. The van der Waals surface area contributed by atoms with Crippen LogP contribution in [-0.2, 0) is 10.2 Å². The van der Waals surface area contributed by atoms with Gasteiger partial charge in [-0.05, 0) is 92.6 Å². The molecule has 5 aliphatic rings. The van der Waals surface area contributed by atoms with Gasteiger partial charge >= 0.3 is 0 Å². The van der Waals surface area contributed by atoms with Crippen molar-refractivity contribution >= 4 is 17.5 Å². The van der Waals surface area contributed by atoms with E-state index < -0.39 is 0 Å². The van der Waals surface area contributed by atoms with Crippen molar-refractivity contribution in [2.75, 3.05) is 12.4 Å². The van der Waals surface area contributed by atoms with Crippen molar-refractivity contribution in [1.29, 1.82) is 0 Å². The van der Waals surface area contributed by atoms with Gasteiger partial charge in [0.2, 0.25) is 5.91 Å². The van der Waals surface area contributed by atoms with Crippen molar-refractivity contribution in [2.45, 2.75) is 69.2 Å². The van der Waals surface area contributed by atoms with Crippen molar-refractivity contribution in [3.63, 3.8) is 0 Å². The molecule has 4 heteroatoms. The van der Waals surface area contributed by atoms with Crippen LogP contribution in [0.5, 0.6) is 0 Å². The lowest BCUT2D eigenvalue weighted by Gasteiger charge is -2.41. The van der Waals surface area contributed by atoms with Crippen molar-refractivity contribution in [1.82, 2.24) is 5.32 Å². The smallest absolute Gasteiger partial charge is 0.227 e. The summed E-state index contributed by atoms with van der Waals surface area (Å²) in [5, 5.41) is 3.51. The van der Waals surface area contributed by atoms with Crippen molar-refractivity contribution in [3.05, 3.63) is 35.9 Å². The first-order valence-corrected chi connectivity index (χ1v) is 11.7. The van der Waals surface area contributed by atoms with E-state index in [4.69, 9.17) is 17.3 Å². The van der Waals surface area contributed by atoms with Crippen LogP contribution >= 0.6 is 11.6 Å². The zero-order valence-corrected chi connectivity index (χ0v) is 17.5. The highest BCUT2D eigenvalue weighted by atomic mass is 35.5.